The van der Waals surface area contributed by atoms with E-state index in [4.69, 9.17) is 9.47 Å². The van der Waals surface area contributed by atoms with Crippen LogP contribution in [0.5, 0.6) is 5.75 Å². The Morgan fingerprint density at radius 1 is 1.29 bits per heavy atom. The first-order valence-electron chi connectivity index (χ1n) is 4.94. The number of hydrogen-bond acceptors (Lipinski definition) is 2. The summed E-state index contributed by atoms with van der Waals surface area (Å²) in [6.07, 6.45) is -4.36. The number of rotatable bonds is 4. The van der Waals surface area contributed by atoms with Crippen molar-refractivity contribution in [2.24, 2.45) is 0 Å². The van der Waals surface area contributed by atoms with Crippen LogP contribution in [0.25, 0.3) is 0 Å². The van der Waals surface area contributed by atoms with E-state index >= 15 is 0 Å². The summed E-state index contributed by atoms with van der Waals surface area (Å²) in [5.74, 6) is 0.230. The number of ether oxygens (including phenoxy) is 2. The summed E-state index contributed by atoms with van der Waals surface area (Å²) in [7, 11) is 0. The summed E-state index contributed by atoms with van der Waals surface area (Å²) in [5.41, 5.74) is -0.589. The number of halogens is 4. The molecule has 1 rings (SSSR count). The fourth-order valence-electron chi connectivity index (χ4n) is 1.33. The van der Waals surface area contributed by atoms with Gasteiger partial charge < -0.3 is 9.47 Å². The molecule has 0 spiro atoms. The predicted octanol–water partition coefficient (Wildman–Crippen LogP) is 3.99. The average molecular weight is 360 g/mol. The summed E-state index contributed by atoms with van der Waals surface area (Å²) in [4.78, 5) is 0. The maximum Gasteiger partial charge on any atom is 0.416 e. The molecule has 17 heavy (non-hydrogen) atoms. The van der Waals surface area contributed by atoms with Crippen LogP contribution < -0.4 is 4.74 Å². The maximum absolute atomic E-state index is 12.7. The van der Waals surface area contributed by atoms with E-state index in [-0.39, 0.29) is 18.1 Å². The molecule has 0 aliphatic carbocycles. The molecular formula is C11H12F3IO2. The van der Waals surface area contributed by atoms with Crippen molar-refractivity contribution in [2.45, 2.75) is 20.0 Å². The van der Waals surface area contributed by atoms with Gasteiger partial charge in [-0.05, 0) is 48.6 Å². The van der Waals surface area contributed by atoms with Gasteiger partial charge in [0.15, 0.2) is 6.79 Å². The average Bonchev–Trinajstić information content (AvgIpc) is 2.21. The molecule has 1 aromatic rings. The minimum Gasteiger partial charge on any atom is -0.466 e. The third kappa shape index (κ3) is 3.74. The lowest BCUT2D eigenvalue weighted by Gasteiger charge is -2.16. The number of alkyl halides is 3. The highest BCUT2D eigenvalue weighted by atomic mass is 127. The molecule has 0 radical (unpaired) electrons. The topological polar surface area (TPSA) is 18.5 Å². The monoisotopic (exact) mass is 360 g/mol. The van der Waals surface area contributed by atoms with E-state index in [2.05, 4.69) is 0 Å². The van der Waals surface area contributed by atoms with E-state index in [0.29, 0.717) is 10.2 Å². The standard InChI is InChI=1S/C11H12F3IO2/c1-3-16-6-17-10-7(2)8(11(12,13)14)4-5-9(10)15/h4-5H,3,6H2,1-2H3. The van der Waals surface area contributed by atoms with Gasteiger partial charge in [0.05, 0.1) is 9.13 Å². The van der Waals surface area contributed by atoms with Crippen molar-refractivity contribution in [3.05, 3.63) is 26.8 Å². The van der Waals surface area contributed by atoms with Gasteiger partial charge in [-0.2, -0.15) is 13.2 Å². The van der Waals surface area contributed by atoms with E-state index in [9.17, 15) is 13.2 Å². The lowest BCUT2D eigenvalue weighted by atomic mass is 10.1. The number of benzene rings is 1. The highest BCUT2D eigenvalue weighted by molar-refractivity contribution is 14.1. The minimum absolute atomic E-state index is 0.0470. The van der Waals surface area contributed by atoms with E-state index < -0.39 is 11.7 Å². The zero-order valence-electron chi connectivity index (χ0n) is 9.40. The zero-order chi connectivity index (χ0) is 13.1. The summed E-state index contributed by atoms with van der Waals surface area (Å²) in [5, 5.41) is 0. The minimum atomic E-state index is -4.36. The molecule has 6 heteroatoms. The van der Waals surface area contributed by atoms with Crippen molar-refractivity contribution in [3.8, 4) is 5.75 Å². The SMILES string of the molecule is CCOCOc1c(I)ccc(C(F)(F)F)c1C. The molecule has 0 unspecified atom stereocenters. The Labute approximate surface area is 111 Å². The van der Waals surface area contributed by atoms with Gasteiger partial charge in [0, 0.05) is 12.2 Å². The first kappa shape index (κ1) is 14.6. The van der Waals surface area contributed by atoms with E-state index in [1.54, 1.807) is 6.92 Å². The van der Waals surface area contributed by atoms with Crippen LogP contribution in [0.15, 0.2) is 12.1 Å². The van der Waals surface area contributed by atoms with Crippen molar-refractivity contribution in [1.82, 2.24) is 0 Å². The molecule has 0 amide bonds. The van der Waals surface area contributed by atoms with Gasteiger partial charge >= 0.3 is 6.18 Å². The first-order chi connectivity index (χ1) is 7.88. The quantitative estimate of drug-likeness (QED) is 0.459. The molecule has 0 heterocycles. The summed E-state index contributed by atoms with van der Waals surface area (Å²) < 4.78 is 48.8. The van der Waals surface area contributed by atoms with Crippen LogP contribution in [0.2, 0.25) is 0 Å². The van der Waals surface area contributed by atoms with Crippen LogP contribution in [0.4, 0.5) is 13.2 Å². The van der Waals surface area contributed by atoms with Gasteiger partial charge in [-0.3, -0.25) is 0 Å². The molecule has 0 bridgehead atoms. The van der Waals surface area contributed by atoms with E-state index in [1.165, 1.54) is 13.0 Å². The van der Waals surface area contributed by atoms with Gasteiger partial charge in [0.2, 0.25) is 0 Å². The molecule has 0 aromatic heterocycles. The van der Waals surface area contributed by atoms with Gasteiger partial charge in [0.1, 0.15) is 5.75 Å². The highest BCUT2D eigenvalue weighted by Crippen LogP contribution is 2.37. The normalized spacial score (nSPS) is 11.6. The van der Waals surface area contributed by atoms with Crippen LogP contribution in [-0.2, 0) is 10.9 Å². The van der Waals surface area contributed by atoms with Crippen LogP contribution >= 0.6 is 22.6 Å². The van der Waals surface area contributed by atoms with Gasteiger partial charge in [-0.1, -0.05) is 0 Å². The summed E-state index contributed by atoms with van der Waals surface area (Å²) >= 11 is 1.93. The Bertz CT molecular complexity index is 391. The van der Waals surface area contributed by atoms with E-state index in [0.717, 1.165) is 6.07 Å². The van der Waals surface area contributed by atoms with Crippen LogP contribution in [-0.4, -0.2) is 13.4 Å². The van der Waals surface area contributed by atoms with Crippen LogP contribution in [0.1, 0.15) is 18.1 Å². The first-order valence-corrected chi connectivity index (χ1v) is 6.02. The molecule has 2 nitrogen and oxygen atoms in total. The molecule has 0 aliphatic heterocycles. The molecule has 0 fully saturated rings. The Kier molecular flexibility index (Phi) is 5.05. The van der Waals surface area contributed by atoms with Gasteiger partial charge in [-0.25, -0.2) is 0 Å². The van der Waals surface area contributed by atoms with Crippen LogP contribution in [0, 0.1) is 10.5 Å². The molecule has 0 atom stereocenters. The molecule has 0 saturated carbocycles. The Morgan fingerprint density at radius 2 is 1.94 bits per heavy atom. The highest BCUT2D eigenvalue weighted by Gasteiger charge is 2.33. The summed E-state index contributed by atoms with van der Waals surface area (Å²) in [6.45, 7) is 3.59. The second kappa shape index (κ2) is 5.90. The van der Waals surface area contributed by atoms with Crippen molar-refractivity contribution >= 4 is 22.6 Å². The van der Waals surface area contributed by atoms with Gasteiger partial charge in [0.25, 0.3) is 0 Å². The Balaban J connectivity index is 3.03. The fraction of sp³-hybridized carbons (Fsp3) is 0.455. The van der Waals surface area contributed by atoms with Crippen LogP contribution in [0.3, 0.4) is 0 Å². The van der Waals surface area contributed by atoms with Crippen molar-refractivity contribution < 1.29 is 22.6 Å². The third-order valence-corrected chi connectivity index (χ3v) is 3.00. The van der Waals surface area contributed by atoms with Crippen molar-refractivity contribution in [1.29, 1.82) is 0 Å². The lowest BCUT2D eigenvalue weighted by molar-refractivity contribution is -0.138. The van der Waals surface area contributed by atoms with E-state index in [1.807, 2.05) is 22.6 Å². The predicted molar refractivity (Wildman–Crippen MR) is 66.0 cm³/mol. The Morgan fingerprint density at radius 3 is 2.47 bits per heavy atom. The second-order valence-corrected chi connectivity index (χ2v) is 4.46. The van der Waals surface area contributed by atoms with Gasteiger partial charge in [-0.15, -0.1) is 0 Å². The Hall–Kier alpha value is -0.500. The van der Waals surface area contributed by atoms with Crippen molar-refractivity contribution in [2.75, 3.05) is 13.4 Å². The smallest absolute Gasteiger partial charge is 0.416 e. The molecule has 1 aromatic carbocycles. The lowest BCUT2D eigenvalue weighted by Crippen LogP contribution is -2.11. The fourth-order valence-corrected chi connectivity index (χ4v) is 2.07. The summed E-state index contributed by atoms with van der Waals surface area (Å²) in [6, 6.07) is 2.45. The molecule has 96 valence electrons. The largest absolute Gasteiger partial charge is 0.466 e. The molecule has 0 aliphatic rings. The third-order valence-electron chi connectivity index (χ3n) is 2.15. The number of hydrogen-bond donors (Lipinski definition) is 0. The second-order valence-electron chi connectivity index (χ2n) is 3.30. The maximum atomic E-state index is 12.7. The molecule has 0 saturated heterocycles. The van der Waals surface area contributed by atoms with Crippen molar-refractivity contribution in [3.63, 3.8) is 0 Å². The molecular weight excluding hydrogens is 348 g/mol. The molecule has 0 N–H and O–H groups in total. The zero-order valence-corrected chi connectivity index (χ0v) is 11.6.